The molecule has 0 spiro atoms. The van der Waals surface area contributed by atoms with E-state index in [-0.39, 0.29) is 0 Å². The monoisotopic (exact) mass is 154 g/mol. The molecule has 2 heteroatoms. The van der Waals surface area contributed by atoms with Gasteiger partial charge in [0.25, 0.3) is 0 Å². The van der Waals surface area contributed by atoms with Crippen LogP contribution in [0.2, 0.25) is 0 Å². The first-order valence-corrected chi connectivity index (χ1v) is 4.36. The van der Waals surface area contributed by atoms with Crippen molar-refractivity contribution in [3.05, 3.63) is 12.2 Å². The van der Waals surface area contributed by atoms with Crippen LogP contribution in [-0.4, -0.2) is 12.1 Å². The first-order valence-electron chi connectivity index (χ1n) is 4.36. The summed E-state index contributed by atoms with van der Waals surface area (Å²) in [7, 11) is 0. The second kappa shape index (κ2) is 3.37. The normalized spacial score (nSPS) is 31.8. The van der Waals surface area contributed by atoms with Crippen LogP contribution >= 0.6 is 0 Å². The average Bonchev–Trinajstić information content (AvgIpc) is 2.30. The Morgan fingerprint density at radius 3 is 2.36 bits per heavy atom. The van der Waals surface area contributed by atoms with E-state index in [2.05, 4.69) is 38.2 Å². The highest BCUT2D eigenvalue weighted by Crippen LogP contribution is 2.19. The number of rotatable bonds is 2. The van der Waals surface area contributed by atoms with Gasteiger partial charge in [0.2, 0.25) is 0 Å². The molecule has 2 unspecified atom stereocenters. The Hall–Kier alpha value is -0.340. The Labute approximate surface area is 69.0 Å². The van der Waals surface area contributed by atoms with Crippen molar-refractivity contribution in [3.8, 4) is 0 Å². The Kier molecular flexibility index (Phi) is 2.68. The summed E-state index contributed by atoms with van der Waals surface area (Å²) >= 11 is 0. The lowest BCUT2D eigenvalue weighted by atomic mass is 9.94. The van der Waals surface area contributed by atoms with E-state index in [1.54, 1.807) is 0 Å². The third-order valence-electron chi connectivity index (χ3n) is 2.34. The zero-order valence-electron chi connectivity index (χ0n) is 7.65. The van der Waals surface area contributed by atoms with Crippen molar-refractivity contribution in [1.82, 2.24) is 10.9 Å². The Morgan fingerprint density at radius 1 is 1.45 bits per heavy atom. The highest BCUT2D eigenvalue weighted by molar-refractivity contribution is 5.18. The van der Waals surface area contributed by atoms with Crippen molar-refractivity contribution in [3.63, 3.8) is 0 Å². The van der Waals surface area contributed by atoms with Crippen LogP contribution in [-0.2, 0) is 0 Å². The molecule has 0 aromatic heterocycles. The smallest absolute Gasteiger partial charge is 0.0458 e. The average molecular weight is 154 g/mol. The van der Waals surface area contributed by atoms with Gasteiger partial charge in [0.15, 0.2) is 0 Å². The molecule has 1 aliphatic rings. The summed E-state index contributed by atoms with van der Waals surface area (Å²) < 4.78 is 0. The maximum absolute atomic E-state index is 4.08. The third-order valence-corrected chi connectivity index (χ3v) is 2.34. The molecule has 0 aromatic carbocycles. The molecule has 0 radical (unpaired) electrons. The molecule has 1 rings (SSSR count). The molecule has 0 amide bonds. The van der Waals surface area contributed by atoms with Crippen molar-refractivity contribution in [2.24, 2.45) is 5.92 Å². The van der Waals surface area contributed by atoms with Gasteiger partial charge in [-0.05, 0) is 17.9 Å². The summed E-state index contributed by atoms with van der Waals surface area (Å²) in [5, 5.41) is 0. The van der Waals surface area contributed by atoms with E-state index in [1.165, 1.54) is 5.57 Å². The summed E-state index contributed by atoms with van der Waals surface area (Å²) in [6, 6.07) is 0.933. The standard InChI is InChI=1S/C9H18N2/c1-5-8-7(4)9(6(2)3)11-10-8/h6,8-11H,4-5H2,1-3H3. The molecule has 1 saturated heterocycles. The topological polar surface area (TPSA) is 24.1 Å². The van der Waals surface area contributed by atoms with Crippen LogP contribution in [0.25, 0.3) is 0 Å². The fourth-order valence-electron chi connectivity index (χ4n) is 1.55. The van der Waals surface area contributed by atoms with Crippen LogP contribution in [0, 0.1) is 5.92 Å². The van der Waals surface area contributed by atoms with Crippen LogP contribution in [0.3, 0.4) is 0 Å². The largest absolute Gasteiger partial charge is 0.250 e. The molecule has 0 bridgehead atoms. The minimum absolute atomic E-state index is 0.458. The summed E-state index contributed by atoms with van der Waals surface area (Å²) in [4.78, 5) is 0. The summed E-state index contributed by atoms with van der Waals surface area (Å²) in [5.74, 6) is 0.631. The number of hydrogen-bond acceptors (Lipinski definition) is 2. The highest BCUT2D eigenvalue weighted by atomic mass is 15.4. The van der Waals surface area contributed by atoms with Gasteiger partial charge in [-0.2, -0.15) is 0 Å². The molecule has 11 heavy (non-hydrogen) atoms. The minimum Gasteiger partial charge on any atom is -0.250 e. The van der Waals surface area contributed by atoms with Gasteiger partial charge in [-0.1, -0.05) is 27.4 Å². The van der Waals surface area contributed by atoms with E-state index in [1.807, 2.05) is 0 Å². The lowest BCUT2D eigenvalue weighted by molar-refractivity contribution is 0.452. The van der Waals surface area contributed by atoms with Gasteiger partial charge >= 0.3 is 0 Å². The van der Waals surface area contributed by atoms with E-state index in [9.17, 15) is 0 Å². The maximum atomic E-state index is 4.08. The fraction of sp³-hybridized carbons (Fsp3) is 0.778. The van der Waals surface area contributed by atoms with Crippen LogP contribution < -0.4 is 10.9 Å². The maximum Gasteiger partial charge on any atom is 0.0458 e. The first kappa shape index (κ1) is 8.75. The van der Waals surface area contributed by atoms with Gasteiger partial charge in [0.05, 0.1) is 0 Å². The molecule has 64 valence electrons. The summed E-state index contributed by atoms with van der Waals surface area (Å²) in [6.07, 6.45) is 1.12. The second-order valence-electron chi connectivity index (χ2n) is 3.55. The van der Waals surface area contributed by atoms with Gasteiger partial charge < -0.3 is 0 Å². The fourth-order valence-corrected chi connectivity index (χ4v) is 1.55. The molecule has 1 heterocycles. The molecule has 2 atom stereocenters. The number of nitrogens with one attached hydrogen (secondary N) is 2. The quantitative estimate of drug-likeness (QED) is 0.588. The molecule has 0 aliphatic carbocycles. The van der Waals surface area contributed by atoms with Crippen molar-refractivity contribution in [2.75, 3.05) is 0 Å². The van der Waals surface area contributed by atoms with Gasteiger partial charge in [-0.3, -0.25) is 5.43 Å². The third kappa shape index (κ3) is 1.63. The second-order valence-corrected chi connectivity index (χ2v) is 3.55. The van der Waals surface area contributed by atoms with E-state index in [0.29, 0.717) is 18.0 Å². The van der Waals surface area contributed by atoms with Crippen molar-refractivity contribution < 1.29 is 0 Å². The van der Waals surface area contributed by atoms with Gasteiger partial charge in [-0.15, -0.1) is 0 Å². The lowest BCUT2D eigenvalue weighted by Crippen LogP contribution is -2.35. The van der Waals surface area contributed by atoms with Crippen molar-refractivity contribution in [2.45, 2.75) is 39.3 Å². The van der Waals surface area contributed by atoms with Gasteiger partial charge in [0, 0.05) is 12.1 Å². The summed E-state index contributed by atoms with van der Waals surface area (Å²) in [6.45, 7) is 10.7. The highest BCUT2D eigenvalue weighted by Gasteiger charge is 2.28. The number of hydrazine groups is 1. The lowest BCUT2D eigenvalue weighted by Gasteiger charge is -2.15. The zero-order chi connectivity index (χ0) is 8.43. The molecular weight excluding hydrogens is 136 g/mol. The van der Waals surface area contributed by atoms with Crippen LogP contribution in [0.1, 0.15) is 27.2 Å². The number of hydrogen-bond donors (Lipinski definition) is 2. The predicted molar refractivity (Wildman–Crippen MR) is 48.1 cm³/mol. The first-order chi connectivity index (χ1) is 5.16. The Bertz CT molecular complexity index is 152. The zero-order valence-corrected chi connectivity index (χ0v) is 7.65. The predicted octanol–water partition coefficient (Wildman–Crippen LogP) is 1.45. The van der Waals surface area contributed by atoms with Crippen molar-refractivity contribution >= 4 is 0 Å². The van der Waals surface area contributed by atoms with Crippen LogP contribution in [0.5, 0.6) is 0 Å². The SMILES string of the molecule is C=C1C(CC)NNC1C(C)C. The van der Waals surface area contributed by atoms with Crippen LogP contribution in [0.4, 0.5) is 0 Å². The van der Waals surface area contributed by atoms with E-state index < -0.39 is 0 Å². The van der Waals surface area contributed by atoms with Crippen LogP contribution in [0.15, 0.2) is 12.2 Å². The molecule has 2 N–H and O–H groups in total. The minimum atomic E-state index is 0.458. The van der Waals surface area contributed by atoms with E-state index in [4.69, 9.17) is 0 Å². The molecule has 0 aromatic rings. The molecule has 0 saturated carbocycles. The van der Waals surface area contributed by atoms with E-state index in [0.717, 1.165) is 6.42 Å². The van der Waals surface area contributed by atoms with E-state index >= 15 is 0 Å². The molecule has 1 aliphatic heterocycles. The van der Waals surface area contributed by atoms with Gasteiger partial charge in [0.1, 0.15) is 0 Å². The molecule has 2 nitrogen and oxygen atoms in total. The van der Waals surface area contributed by atoms with Crippen molar-refractivity contribution in [1.29, 1.82) is 0 Å². The van der Waals surface area contributed by atoms with Gasteiger partial charge in [-0.25, -0.2) is 5.43 Å². The summed E-state index contributed by atoms with van der Waals surface area (Å²) in [5.41, 5.74) is 7.80. The molecular formula is C9H18N2. The Balaban J connectivity index is 2.56. The molecule has 1 fully saturated rings. The Morgan fingerprint density at radius 2 is 2.09 bits per heavy atom.